The number of nitrogens with one attached hydrogen (secondary N) is 1. The van der Waals surface area contributed by atoms with Crippen LogP contribution in [-0.2, 0) is 11.4 Å². The molecule has 180 valence electrons. The Labute approximate surface area is 204 Å². The van der Waals surface area contributed by atoms with Gasteiger partial charge in [0, 0.05) is 44.5 Å². The van der Waals surface area contributed by atoms with Crippen LogP contribution in [0.3, 0.4) is 0 Å². The van der Waals surface area contributed by atoms with Crippen molar-refractivity contribution in [2.24, 2.45) is 5.92 Å². The Bertz CT molecular complexity index is 1300. The molecule has 1 saturated carbocycles. The van der Waals surface area contributed by atoms with Crippen molar-refractivity contribution in [1.29, 1.82) is 0 Å². The Kier molecular flexibility index (Phi) is 6.56. The highest BCUT2D eigenvalue weighted by molar-refractivity contribution is 5.86. The van der Waals surface area contributed by atoms with Crippen molar-refractivity contribution in [2.75, 3.05) is 19.4 Å². The first-order valence-corrected chi connectivity index (χ1v) is 11.9. The molecule has 9 nitrogen and oxygen atoms in total. The zero-order valence-corrected chi connectivity index (χ0v) is 20.0. The zero-order chi connectivity index (χ0) is 24.2. The maximum Gasteiger partial charge on any atom is 0.225 e. The number of rotatable bonds is 7. The second-order valence-electron chi connectivity index (χ2n) is 9.02. The van der Waals surface area contributed by atoms with Crippen LogP contribution in [0.15, 0.2) is 61.1 Å². The summed E-state index contributed by atoms with van der Waals surface area (Å²) in [4.78, 5) is 27.4. The minimum atomic E-state index is 0.111. The lowest BCUT2D eigenvalue weighted by molar-refractivity contribution is -0.133. The van der Waals surface area contributed by atoms with Gasteiger partial charge in [-0.1, -0.05) is 12.1 Å². The normalized spacial score (nSPS) is 17.8. The third-order valence-corrected chi connectivity index (χ3v) is 6.38. The van der Waals surface area contributed by atoms with Gasteiger partial charge >= 0.3 is 0 Å². The van der Waals surface area contributed by atoms with Gasteiger partial charge in [-0.3, -0.25) is 9.78 Å². The number of carbonyl (C=O) groups is 1. The van der Waals surface area contributed by atoms with Gasteiger partial charge in [0.2, 0.25) is 11.9 Å². The van der Waals surface area contributed by atoms with E-state index in [-0.39, 0.29) is 17.9 Å². The molecule has 0 radical (unpaired) electrons. The number of ether oxygens (including phenoxy) is 1. The van der Waals surface area contributed by atoms with Crippen LogP contribution >= 0.6 is 0 Å². The van der Waals surface area contributed by atoms with Crippen molar-refractivity contribution < 1.29 is 9.53 Å². The van der Waals surface area contributed by atoms with Crippen molar-refractivity contribution in [3.8, 4) is 11.6 Å². The van der Waals surface area contributed by atoms with Crippen LogP contribution in [0.2, 0.25) is 0 Å². The molecule has 5 rings (SSSR count). The van der Waals surface area contributed by atoms with E-state index in [4.69, 9.17) is 9.72 Å². The van der Waals surface area contributed by atoms with Crippen molar-refractivity contribution in [3.05, 3.63) is 66.7 Å². The highest BCUT2D eigenvalue weighted by Gasteiger charge is 2.27. The fourth-order valence-corrected chi connectivity index (χ4v) is 4.54. The molecule has 1 N–H and O–H groups in total. The van der Waals surface area contributed by atoms with Gasteiger partial charge in [-0.05, 0) is 49.9 Å². The molecular formula is C26H29N7O2. The fraction of sp³-hybridized carbons (Fsp3) is 0.346. The van der Waals surface area contributed by atoms with Gasteiger partial charge in [0.15, 0.2) is 5.82 Å². The quantitative estimate of drug-likeness (QED) is 0.437. The van der Waals surface area contributed by atoms with E-state index in [1.807, 2.05) is 56.6 Å². The van der Waals surface area contributed by atoms with E-state index in [0.717, 1.165) is 48.0 Å². The Morgan fingerprint density at radius 2 is 1.91 bits per heavy atom. The Balaban J connectivity index is 1.29. The number of hydrogen-bond donors (Lipinski definition) is 1. The molecular weight excluding hydrogens is 442 g/mol. The van der Waals surface area contributed by atoms with Crippen molar-refractivity contribution in [2.45, 2.75) is 38.3 Å². The lowest BCUT2D eigenvalue weighted by Gasteiger charge is -2.29. The predicted octanol–water partition coefficient (Wildman–Crippen LogP) is 3.85. The topological polar surface area (TPSA) is 98.1 Å². The maximum absolute atomic E-state index is 12.2. The molecule has 0 aliphatic heterocycles. The predicted molar refractivity (Wildman–Crippen MR) is 133 cm³/mol. The molecule has 1 amide bonds. The van der Waals surface area contributed by atoms with E-state index in [1.54, 1.807) is 28.2 Å². The van der Waals surface area contributed by atoms with E-state index in [9.17, 15) is 4.79 Å². The first kappa shape index (κ1) is 22.8. The van der Waals surface area contributed by atoms with Gasteiger partial charge in [-0.25, -0.2) is 9.67 Å². The summed E-state index contributed by atoms with van der Waals surface area (Å²) in [5.74, 6) is 2.32. The van der Waals surface area contributed by atoms with Gasteiger partial charge in [0.1, 0.15) is 12.4 Å². The monoisotopic (exact) mass is 471 g/mol. The molecule has 0 unspecified atom stereocenters. The molecule has 4 aromatic rings. The van der Waals surface area contributed by atoms with E-state index >= 15 is 0 Å². The molecule has 1 fully saturated rings. The van der Waals surface area contributed by atoms with E-state index in [2.05, 4.69) is 20.4 Å². The Morgan fingerprint density at radius 1 is 1.06 bits per heavy atom. The van der Waals surface area contributed by atoms with Gasteiger partial charge < -0.3 is 15.0 Å². The van der Waals surface area contributed by atoms with Crippen LogP contribution in [0.4, 0.5) is 5.95 Å². The summed E-state index contributed by atoms with van der Waals surface area (Å²) in [6.45, 7) is 0.384. The first-order chi connectivity index (χ1) is 17.1. The van der Waals surface area contributed by atoms with E-state index in [1.165, 1.54) is 0 Å². The molecule has 3 aromatic heterocycles. The molecule has 0 atom stereocenters. The summed E-state index contributed by atoms with van der Waals surface area (Å²) in [5.41, 5.74) is 1.76. The summed E-state index contributed by atoms with van der Waals surface area (Å²) in [7, 11) is 3.64. The van der Waals surface area contributed by atoms with Crippen LogP contribution in [0.5, 0.6) is 5.75 Å². The highest BCUT2D eigenvalue weighted by Crippen LogP contribution is 2.29. The van der Waals surface area contributed by atoms with Crippen LogP contribution in [0.25, 0.3) is 16.7 Å². The van der Waals surface area contributed by atoms with Gasteiger partial charge in [0.25, 0.3) is 0 Å². The Hall–Kier alpha value is -4.01. The SMILES string of the molecule is CN(C)C(=O)C1CCC(Nc2nccc(-n3ncc4c(OCc5ccccn5)cccc43)n2)CC1. The molecule has 0 bridgehead atoms. The van der Waals surface area contributed by atoms with Crippen LogP contribution in [0.1, 0.15) is 31.4 Å². The van der Waals surface area contributed by atoms with Crippen molar-refractivity contribution in [1.82, 2.24) is 29.6 Å². The van der Waals surface area contributed by atoms with Gasteiger partial charge in [-0.15, -0.1) is 0 Å². The third-order valence-electron chi connectivity index (χ3n) is 6.38. The number of fused-ring (bicyclic) bond motifs is 1. The smallest absolute Gasteiger partial charge is 0.225 e. The third kappa shape index (κ3) is 5.08. The largest absolute Gasteiger partial charge is 0.487 e. The summed E-state index contributed by atoms with van der Waals surface area (Å²) >= 11 is 0. The maximum atomic E-state index is 12.2. The van der Waals surface area contributed by atoms with E-state index in [0.29, 0.717) is 18.4 Å². The van der Waals surface area contributed by atoms with Gasteiger partial charge in [0.05, 0.1) is 22.8 Å². The van der Waals surface area contributed by atoms with Crippen LogP contribution in [-0.4, -0.2) is 55.7 Å². The molecule has 3 heterocycles. The summed E-state index contributed by atoms with van der Waals surface area (Å²) in [5, 5.41) is 8.93. The average molecular weight is 472 g/mol. The number of benzene rings is 1. The molecule has 0 saturated heterocycles. The lowest BCUT2D eigenvalue weighted by atomic mass is 9.85. The zero-order valence-electron chi connectivity index (χ0n) is 20.0. The van der Waals surface area contributed by atoms with Crippen molar-refractivity contribution >= 4 is 22.8 Å². The summed E-state index contributed by atoms with van der Waals surface area (Å²) in [6.07, 6.45) is 8.87. The van der Waals surface area contributed by atoms with Crippen LogP contribution in [0, 0.1) is 5.92 Å². The lowest BCUT2D eigenvalue weighted by Crippen LogP contribution is -2.35. The minimum Gasteiger partial charge on any atom is -0.487 e. The minimum absolute atomic E-state index is 0.111. The molecule has 35 heavy (non-hydrogen) atoms. The molecule has 1 aliphatic rings. The molecule has 1 aromatic carbocycles. The average Bonchev–Trinajstić information content (AvgIpc) is 3.33. The van der Waals surface area contributed by atoms with Gasteiger partial charge in [-0.2, -0.15) is 10.1 Å². The summed E-state index contributed by atoms with van der Waals surface area (Å²) < 4.78 is 7.83. The molecule has 9 heteroatoms. The second-order valence-corrected chi connectivity index (χ2v) is 9.02. The number of aromatic nitrogens is 5. The van der Waals surface area contributed by atoms with E-state index < -0.39 is 0 Å². The number of nitrogens with zero attached hydrogens (tertiary/aromatic N) is 6. The van der Waals surface area contributed by atoms with Crippen LogP contribution < -0.4 is 10.1 Å². The second kappa shape index (κ2) is 10.1. The first-order valence-electron chi connectivity index (χ1n) is 11.9. The summed E-state index contributed by atoms with van der Waals surface area (Å²) in [6, 6.07) is 13.7. The number of pyridine rings is 1. The highest BCUT2D eigenvalue weighted by atomic mass is 16.5. The number of hydrogen-bond acceptors (Lipinski definition) is 7. The number of amides is 1. The Morgan fingerprint density at radius 3 is 2.69 bits per heavy atom. The standard InChI is InChI=1S/C26H29N7O2/c1-32(2)25(34)18-9-11-19(12-10-18)30-26-28-15-13-24(31-26)33-22-7-5-8-23(21(22)16-29-33)35-17-20-6-3-4-14-27-20/h3-8,13-16,18-19H,9-12,17H2,1-2H3,(H,28,30,31). The fourth-order valence-electron chi connectivity index (χ4n) is 4.54. The number of anilines is 1. The molecule has 1 aliphatic carbocycles. The van der Waals surface area contributed by atoms with Crippen molar-refractivity contribution in [3.63, 3.8) is 0 Å². The molecule has 0 spiro atoms. The number of carbonyl (C=O) groups excluding carboxylic acids is 1.